The van der Waals surface area contributed by atoms with Crippen LogP contribution in [0.3, 0.4) is 0 Å². The molecule has 2 heterocycles. The van der Waals surface area contributed by atoms with Crippen LogP contribution < -0.4 is 10.2 Å². The summed E-state index contributed by atoms with van der Waals surface area (Å²) >= 11 is 0. The normalized spacial score (nSPS) is 16.4. The van der Waals surface area contributed by atoms with E-state index < -0.39 is 0 Å². The third kappa shape index (κ3) is 3.82. The molecule has 0 unspecified atom stereocenters. The SMILES string of the molecule is CCNc1cc(N2CCC(COC)CC2)nc(CC)n1. The Morgan fingerprint density at radius 1 is 1.30 bits per heavy atom. The molecule has 0 bridgehead atoms. The molecule has 1 aromatic rings. The van der Waals surface area contributed by atoms with Crippen molar-refractivity contribution in [1.82, 2.24) is 9.97 Å². The summed E-state index contributed by atoms with van der Waals surface area (Å²) in [6, 6.07) is 2.07. The van der Waals surface area contributed by atoms with Gasteiger partial charge >= 0.3 is 0 Å². The Kier molecular flexibility index (Phi) is 5.59. The lowest BCUT2D eigenvalue weighted by molar-refractivity contribution is 0.139. The van der Waals surface area contributed by atoms with Crippen molar-refractivity contribution in [3.8, 4) is 0 Å². The molecule has 5 heteroatoms. The first-order valence-electron chi connectivity index (χ1n) is 7.62. The number of aromatic nitrogens is 2. The summed E-state index contributed by atoms with van der Waals surface area (Å²) in [6.45, 7) is 8.05. The number of hydrogen-bond donors (Lipinski definition) is 1. The average molecular weight is 278 g/mol. The molecule has 0 saturated carbocycles. The Morgan fingerprint density at radius 3 is 2.65 bits per heavy atom. The summed E-state index contributed by atoms with van der Waals surface area (Å²) in [5.41, 5.74) is 0. The van der Waals surface area contributed by atoms with Crippen molar-refractivity contribution in [2.45, 2.75) is 33.1 Å². The third-order valence-electron chi connectivity index (χ3n) is 3.77. The minimum atomic E-state index is 0.692. The summed E-state index contributed by atoms with van der Waals surface area (Å²) in [5.74, 6) is 3.60. The van der Waals surface area contributed by atoms with E-state index in [4.69, 9.17) is 4.74 Å². The molecular formula is C15H26N4O. The number of rotatable bonds is 6. The fraction of sp³-hybridized carbons (Fsp3) is 0.733. The number of anilines is 2. The minimum Gasteiger partial charge on any atom is -0.384 e. The maximum Gasteiger partial charge on any atom is 0.134 e. The highest BCUT2D eigenvalue weighted by atomic mass is 16.5. The van der Waals surface area contributed by atoms with Gasteiger partial charge in [-0.2, -0.15) is 0 Å². The maximum atomic E-state index is 5.26. The summed E-state index contributed by atoms with van der Waals surface area (Å²) in [4.78, 5) is 11.6. The van der Waals surface area contributed by atoms with E-state index in [1.807, 2.05) is 0 Å². The molecule has 1 N–H and O–H groups in total. The van der Waals surface area contributed by atoms with E-state index in [1.165, 1.54) is 12.8 Å². The largest absolute Gasteiger partial charge is 0.384 e. The zero-order valence-corrected chi connectivity index (χ0v) is 12.9. The monoisotopic (exact) mass is 278 g/mol. The zero-order chi connectivity index (χ0) is 14.4. The highest BCUT2D eigenvalue weighted by Gasteiger charge is 2.20. The van der Waals surface area contributed by atoms with E-state index in [9.17, 15) is 0 Å². The lowest BCUT2D eigenvalue weighted by Crippen LogP contribution is -2.35. The molecule has 2 rings (SSSR count). The number of nitrogens with one attached hydrogen (secondary N) is 1. The maximum absolute atomic E-state index is 5.26. The molecular weight excluding hydrogens is 252 g/mol. The molecule has 1 aliphatic heterocycles. The van der Waals surface area contributed by atoms with Gasteiger partial charge in [-0.1, -0.05) is 6.92 Å². The highest BCUT2D eigenvalue weighted by Crippen LogP contribution is 2.23. The van der Waals surface area contributed by atoms with E-state index >= 15 is 0 Å². The number of piperidine rings is 1. The van der Waals surface area contributed by atoms with E-state index in [-0.39, 0.29) is 0 Å². The van der Waals surface area contributed by atoms with Crippen molar-refractivity contribution in [3.63, 3.8) is 0 Å². The lowest BCUT2D eigenvalue weighted by Gasteiger charge is -2.32. The fourth-order valence-electron chi connectivity index (χ4n) is 2.64. The minimum absolute atomic E-state index is 0.692. The first-order chi connectivity index (χ1) is 9.76. The van der Waals surface area contributed by atoms with Crippen molar-refractivity contribution in [3.05, 3.63) is 11.9 Å². The van der Waals surface area contributed by atoms with Gasteiger partial charge in [0.2, 0.25) is 0 Å². The Hall–Kier alpha value is -1.36. The first-order valence-corrected chi connectivity index (χ1v) is 7.62. The van der Waals surface area contributed by atoms with Crippen LogP contribution in [0.1, 0.15) is 32.5 Å². The number of nitrogens with zero attached hydrogens (tertiary/aromatic N) is 3. The van der Waals surface area contributed by atoms with Crippen LogP contribution in [-0.2, 0) is 11.2 Å². The molecule has 0 aromatic carbocycles. The molecule has 0 atom stereocenters. The second-order valence-corrected chi connectivity index (χ2v) is 5.30. The molecule has 1 aromatic heterocycles. The Labute approximate surface area is 121 Å². The van der Waals surface area contributed by atoms with Crippen molar-refractivity contribution in [2.24, 2.45) is 5.92 Å². The second-order valence-electron chi connectivity index (χ2n) is 5.30. The van der Waals surface area contributed by atoms with Gasteiger partial charge < -0.3 is 15.0 Å². The molecule has 112 valence electrons. The fourth-order valence-corrected chi connectivity index (χ4v) is 2.64. The molecule has 5 nitrogen and oxygen atoms in total. The van der Waals surface area contributed by atoms with Crippen LogP contribution in [0.25, 0.3) is 0 Å². The first kappa shape index (κ1) is 15.0. The quantitative estimate of drug-likeness (QED) is 0.865. The van der Waals surface area contributed by atoms with Gasteiger partial charge in [0.05, 0.1) is 0 Å². The molecule has 0 spiro atoms. The molecule has 0 aliphatic carbocycles. The predicted molar refractivity (Wildman–Crippen MR) is 82.4 cm³/mol. The number of aryl methyl sites for hydroxylation is 1. The van der Waals surface area contributed by atoms with E-state index in [0.717, 1.165) is 50.1 Å². The number of ether oxygens (including phenoxy) is 1. The number of methoxy groups -OCH3 is 1. The van der Waals surface area contributed by atoms with Gasteiger partial charge in [0.25, 0.3) is 0 Å². The van der Waals surface area contributed by atoms with Crippen molar-refractivity contribution < 1.29 is 4.74 Å². The molecule has 1 fully saturated rings. The third-order valence-corrected chi connectivity index (χ3v) is 3.77. The van der Waals surface area contributed by atoms with Crippen molar-refractivity contribution in [1.29, 1.82) is 0 Å². The summed E-state index contributed by atoms with van der Waals surface area (Å²) in [5, 5.41) is 3.29. The van der Waals surface area contributed by atoms with Crippen molar-refractivity contribution in [2.75, 3.05) is 43.6 Å². The van der Waals surface area contributed by atoms with Crippen LogP contribution in [0, 0.1) is 5.92 Å². The van der Waals surface area contributed by atoms with Gasteiger partial charge in [0.1, 0.15) is 17.5 Å². The standard InChI is InChI=1S/C15H26N4O/c1-4-13-17-14(16-5-2)10-15(18-13)19-8-6-12(7-9-19)11-20-3/h10,12H,4-9,11H2,1-3H3,(H,16,17,18). The van der Waals surface area contributed by atoms with Gasteiger partial charge in [-0.25, -0.2) is 9.97 Å². The van der Waals surface area contributed by atoms with E-state index in [0.29, 0.717) is 5.92 Å². The molecule has 20 heavy (non-hydrogen) atoms. The van der Waals surface area contributed by atoms with Gasteiger partial charge in [-0.15, -0.1) is 0 Å². The predicted octanol–water partition coefficient (Wildman–Crippen LogP) is 2.33. The Balaban J connectivity index is 2.06. The summed E-state index contributed by atoms with van der Waals surface area (Å²) in [7, 11) is 1.78. The molecule has 1 aliphatic rings. The Morgan fingerprint density at radius 2 is 2.05 bits per heavy atom. The topological polar surface area (TPSA) is 50.3 Å². The van der Waals surface area contributed by atoms with Crippen LogP contribution in [0.2, 0.25) is 0 Å². The summed E-state index contributed by atoms with van der Waals surface area (Å²) in [6.07, 6.45) is 3.22. The molecule has 1 saturated heterocycles. The van der Waals surface area contributed by atoms with Gasteiger partial charge in [0, 0.05) is 45.8 Å². The zero-order valence-electron chi connectivity index (χ0n) is 12.9. The van der Waals surface area contributed by atoms with Gasteiger partial charge in [-0.05, 0) is 25.7 Å². The Bertz CT molecular complexity index is 416. The lowest BCUT2D eigenvalue weighted by atomic mass is 9.98. The second kappa shape index (κ2) is 7.43. The molecule has 0 amide bonds. The van der Waals surface area contributed by atoms with Crippen molar-refractivity contribution >= 4 is 11.6 Å². The average Bonchev–Trinajstić information content (AvgIpc) is 2.48. The van der Waals surface area contributed by atoms with E-state index in [1.54, 1.807) is 7.11 Å². The van der Waals surface area contributed by atoms with E-state index in [2.05, 4.69) is 40.1 Å². The molecule has 0 radical (unpaired) electrons. The van der Waals surface area contributed by atoms with Crippen LogP contribution in [0.4, 0.5) is 11.6 Å². The number of hydrogen-bond acceptors (Lipinski definition) is 5. The van der Waals surface area contributed by atoms with Crippen LogP contribution in [0.15, 0.2) is 6.07 Å². The van der Waals surface area contributed by atoms with Crippen LogP contribution in [0.5, 0.6) is 0 Å². The van der Waals surface area contributed by atoms with Crippen LogP contribution in [-0.4, -0.2) is 43.3 Å². The smallest absolute Gasteiger partial charge is 0.134 e. The summed E-state index contributed by atoms with van der Waals surface area (Å²) < 4.78 is 5.26. The van der Waals surface area contributed by atoms with Gasteiger partial charge in [0.15, 0.2) is 0 Å². The van der Waals surface area contributed by atoms with Crippen LogP contribution >= 0.6 is 0 Å². The van der Waals surface area contributed by atoms with Gasteiger partial charge in [-0.3, -0.25) is 0 Å². The highest BCUT2D eigenvalue weighted by molar-refractivity contribution is 5.49.